The molecule has 122 valence electrons. The summed E-state index contributed by atoms with van der Waals surface area (Å²) in [7, 11) is -3.70. The number of nitrogens with two attached hydrogens (primary N) is 1. The Labute approximate surface area is 140 Å². The number of hydrogen-bond donors (Lipinski definition) is 2. The van der Waals surface area contributed by atoms with Crippen molar-refractivity contribution in [1.29, 1.82) is 0 Å². The fourth-order valence-corrected chi connectivity index (χ4v) is 3.26. The molecular formula is C17H16N4O2S. The lowest BCUT2D eigenvalue weighted by molar-refractivity contribution is 0.601. The third kappa shape index (κ3) is 3.47. The Kier molecular flexibility index (Phi) is 4.35. The highest BCUT2D eigenvalue weighted by molar-refractivity contribution is 7.92. The van der Waals surface area contributed by atoms with Crippen LogP contribution in [0.25, 0.3) is 0 Å². The molecule has 3 N–H and O–H groups in total. The number of benzene rings is 2. The largest absolute Gasteiger partial charge is 0.397 e. The molecule has 2 aromatic rings. The van der Waals surface area contributed by atoms with Crippen LogP contribution in [0.1, 0.15) is 0 Å². The van der Waals surface area contributed by atoms with E-state index in [-0.39, 0.29) is 4.90 Å². The van der Waals surface area contributed by atoms with Gasteiger partial charge in [-0.15, -0.1) is 0 Å². The van der Waals surface area contributed by atoms with Gasteiger partial charge in [-0.1, -0.05) is 18.2 Å². The number of allylic oxidation sites excluding steroid dienone is 1. The van der Waals surface area contributed by atoms with Crippen molar-refractivity contribution in [1.82, 2.24) is 0 Å². The van der Waals surface area contributed by atoms with Gasteiger partial charge in [0.2, 0.25) is 0 Å². The number of rotatable bonds is 4. The molecule has 2 aromatic carbocycles. The summed E-state index contributed by atoms with van der Waals surface area (Å²) < 4.78 is 27.5. The summed E-state index contributed by atoms with van der Waals surface area (Å²) in [4.78, 5) is 6.01. The lowest BCUT2D eigenvalue weighted by atomic mass is 10.2. The average molecular weight is 340 g/mol. The van der Waals surface area contributed by atoms with Gasteiger partial charge >= 0.3 is 0 Å². The number of anilines is 3. The van der Waals surface area contributed by atoms with Crippen molar-refractivity contribution < 1.29 is 8.42 Å². The number of nitrogens with one attached hydrogen (secondary N) is 1. The quantitative estimate of drug-likeness (QED) is 0.838. The highest BCUT2D eigenvalue weighted by Crippen LogP contribution is 2.28. The molecule has 0 spiro atoms. The standard InChI is InChI=1S/C17H16N4O2S/c18-16-8-7-14(21-11-4-9-19-10-12-21)13-17(16)20-24(22,23)15-5-2-1-3-6-15/h1-13,20H,18H2. The molecule has 1 heterocycles. The van der Waals surface area contributed by atoms with E-state index in [1.54, 1.807) is 61.1 Å². The van der Waals surface area contributed by atoms with Crippen LogP contribution in [-0.4, -0.2) is 14.6 Å². The third-order valence-corrected chi connectivity index (χ3v) is 4.75. The van der Waals surface area contributed by atoms with Crippen LogP contribution in [0.2, 0.25) is 0 Å². The van der Waals surface area contributed by atoms with Crippen molar-refractivity contribution in [3.05, 3.63) is 73.2 Å². The zero-order chi connectivity index (χ0) is 17.0. The molecule has 0 saturated carbocycles. The molecule has 0 amide bonds. The number of aliphatic imine (C=N–C) groups is 1. The van der Waals surface area contributed by atoms with E-state index in [2.05, 4.69) is 9.71 Å². The van der Waals surface area contributed by atoms with E-state index in [0.29, 0.717) is 11.4 Å². The molecule has 1 aliphatic heterocycles. The van der Waals surface area contributed by atoms with Crippen LogP contribution >= 0.6 is 0 Å². The molecule has 6 nitrogen and oxygen atoms in total. The summed E-state index contributed by atoms with van der Waals surface area (Å²) in [6.07, 6.45) is 8.66. The van der Waals surface area contributed by atoms with Crippen LogP contribution in [0.3, 0.4) is 0 Å². The third-order valence-electron chi connectivity index (χ3n) is 3.36. The molecule has 0 radical (unpaired) electrons. The minimum atomic E-state index is -3.70. The normalized spacial score (nSPS) is 13.8. The Bertz CT molecular complexity index is 903. The minimum Gasteiger partial charge on any atom is -0.397 e. The molecule has 0 aromatic heterocycles. The van der Waals surface area contributed by atoms with Gasteiger partial charge in [0.1, 0.15) is 0 Å². The molecule has 0 aliphatic carbocycles. The van der Waals surface area contributed by atoms with Crippen LogP contribution in [-0.2, 0) is 10.0 Å². The lowest BCUT2D eigenvalue weighted by Gasteiger charge is -2.17. The van der Waals surface area contributed by atoms with Gasteiger partial charge in [0.05, 0.1) is 16.3 Å². The second-order valence-corrected chi connectivity index (χ2v) is 6.72. The number of sulfonamides is 1. The molecule has 3 rings (SSSR count). The Balaban J connectivity index is 1.93. The van der Waals surface area contributed by atoms with Gasteiger partial charge in [0, 0.05) is 30.5 Å². The van der Waals surface area contributed by atoms with E-state index in [9.17, 15) is 8.42 Å². The van der Waals surface area contributed by atoms with Gasteiger partial charge in [-0.3, -0.25) is 9.71 Å². The summed E-state index contributed by atoms with van der Waals surface area (Å²) in [5.41, 5.74) is 7.35. The first kappa shape index (κ1) is 15.8. The summed E-state index contributed by atoms with van der Waals surface area (Å²) in [5, 5.41) is 0. The van der Waals surface area contributed by atoms with Crippen molar-refractivity contribution >= 4 is 33.3 Å². The van der Waals surface area contributed by atoms with Gasteiger partial charge in [-0.25, -0.2) is 8.42 Å². The minimum absolute atomic E-state index is 0.178. The molecule has 0 bridgehead atoms. The molecule has 24 heavy (non-hydrogen) atoms. The molecule has 0 unspecified atom stereocenters. The van der Waals surface area contributed by atoms with E-state index < -0.39 is 10.0 Å². The van der Waals surface area contributed by atoms with Gasteiger partial charge in [-0.05, 0) is 36.4 Å². The molecule has 0 fully saturated rings. The molecule has 0 saturated heterocycles. The summed E-state index contributed by atoms with van der Waals surface area (Å²) in [5.74, 6) is 0. The number of nitrogens with zero attached hydrogens (tertiary/aromatic N) is 2. The maximum atomic E-state index is 12.5. The zero-order valence-electron chi connectivity index (χ0n) is 12.7. The maximum Gasteiger partial charge on any atom is 0.261 e. The van der Waals surface area contributed by atoms with E-state index >= 15 is 0 Å². The van der Waals surface area contributed by atoms with Crippen LogP contribution < -0.4 is 15.4 Å². The lowest BCUT2D eigenvalue weighted by Crippen LogP contribution is -2.15. The fraction of sp³-hybridized carbons (Fsp3) is 0. The SMILES string of the molecule is Nc1ccc(N2C=CC=NC=C2)cc1NS(=O)(=O)c1ccccc1. The Morgan fingerprint density at radius 1 is 1.04 bits per heavy atom. The average Bonchev–Trinajstić information content (AvgIpc) is 2.87. The van der Waals surface area contributed by atoms with Crippen molar-refractivity contribution in [3.63, 3.8) is 0 Å². The van der Waals surface area contributed by atoms with Crippen LogP contribution in [0, 0.1) is 0 Å². The van der Waals surface area contributed by atoms with Gasteiger partial charge in [-0.2, -0.15) is 0 Å². The second-order valence-electron chi connectivity index (χ2n) is 5.04. The van der Waals surface area contributed by atoms with Crippen LogP contribution in [0.5, 0.6) is 0 Å². The maximum absolute atomic E-state index is 12.5. The summed E-state index contributed by atoms with van der Waals surface area (Å²) in [6, 6.07) is 13.3. The van der Waals surface area contributed by atoms with Crippen LogP contribution in [0.15, 0.2) is 83.1 Å². The smallest absolute Gasteiger partial charge is 0.261 e. The van der Waals surface area contributed by atoms with Crippen molar-refractivity contribution in [2.75, 3.05) is 15.4 Å². The fourth-order valence-electron chi connectivity index (χ4n) is 2.16. The summed E-state index contributed by atoms with van der Waals surface area (Å²) >= 11 is 0. The first-order valence-corrected chi connectivity index (χ1v) is 8.67. The van der Waals surface area contributed by atoms with Gasteiger partial charge < -0.3 is 10.6 Å². The summed E-state index contributed by atoms with van der Waals surface area (Å²) in [6.45, 7) is 0. The molecular weight excluding hydrogens is 324 g/mol. The first-order valence-electron chi connectivity index (χ1n) is 7.19. The van der Waals surface area contributed by atoms with E-state index in [1.165, 1.54) is 12.1 Å². The Morgan fingerprint density at radius 3 is 2.62 bits per heavy atom. The van der Waals surface area contributed by atoms with E-state index in [4.69, 9.17) is 5.73 Å². The highest BCUT2D eigenvalue weighted by Gasteiger charge is 2.16. The number of nitrogen functional groups attached to an aromatic ring is 1. The first-order chi connectivity index (χ1) is 11.6. The molecule has 1 aliphatic rings. The number of hydrogen-bond acceptors (Lipinski definition) is 5. The van der Waals surface area contributed by atoms with Crippen molar-refractivity contribution in [2.24, 2.45) is 4.99 Å². The zero-order valence-corrected chi connectivity index (χ0v) is 13.5. The highest BCUT2D eigenvalue weighted by atomic mass is 32.2. The molecule has 7 heteroatoms. The van der Waals surface area contributed by atoms with Crippen molar-refractivity contribution in [2.45, 2.75) is 4.90 Å². The van der Waals surface area contributed by atoms with Gasteiger partial charge in [0.25, 0.3) is 10.0 Å². The Morgan fingerprint density at radius 2 is 1.83 bits per heavy atom. The van der Waals surface area contributed by atoms with Gasteiger partial charge in [0.15, 0.2) is 0 Å². The molecule has 0 atom stereocenters. The Hall–Kier alpha value is -3.06. The van der Waals surface area contributed by atoms with E-state index in [0.717, 1.165) is 5.69 Å². The van der Waals surface area contributed by atoms with E-state index in [1.807, 2.05) is 11.1 Å². The predicted molar refractivity (Wildman–Crippen MR) is 97.4 cm³/mol. The topological polar surface area (TPSA) is 87.8 Å². The predicted octanol–water partition coefficient (Wildman–Crippen LogP) is 2.95. The second kappa shape index (κ2) is 6.59. The monoisotopic (exact) mass is 340 g/mol. The van der Waals surface area contributed by atoms with Crippen LogP contribution in [0.4, 0.5) is 17.1 Å². The van der Waals surface area contributed by atoms with Crippen molar-refractivity contribution in [3.8, 4) is 0 Å².